The second kappa shape index (κ2) is 6.76. The summed E-state index contributed by atoms with van der Waals surface area (Å²) < 4.78 is 0. The molecule has 3 rings (SSSR count). The maximum absolute atomic E-state index is 3.82. The van der Waals surface area contributed by atoms with Crippen molar-refractivity contribution in [1.82, 2.24) is 5.32 Å². The lowest BCUT2D eigenvalue weighted by Gasteiger charge is -2.39. The van der Waals surface area contributed by atoms with Crippen LogP contribution in [0.15, 0.2) is 24.3 Å². The predicted octanol–water partition coefficient (Wildman–Crippen LogP) is 4.49. The van der Waals surface area contributed by atoms with E-state index in [1.165, 1.54) is 62.5 Å². The van der Waals surface area contributed by atoms with Crippen LogP contribution in [0.3, 0.4) is 0 Å². The molecule has 0 heterocycles. The number of nitrogens with one attached hydrogen (secondary N) is 1. The Morgan fingerprint density at radius 1 is 1.05 bits per heavy atom. The van der Waals surface area contributed by atoms with Gasteiger partial charge in [-0.2, -0.15) is 0 Å². The summed E-state index contributed by atoms with van der Waals surface area (Å²) >= 11 is 0. The minimum absolute atomic E-state index is 0.791. The molecule has 1 N–H and O–H groups in total. The molecule has 2 fully saturated rings. The minimum Gasteiger partial charge on any atom is -0.314 e. The fourth-order valence-electron chi connectivity index (χ4n) is 4.35. The van der Waals surface area contributed by atoms with Crippen LogP contribution in [-0.2, 0) is 6.42 Å². The molecule has 3 atom stereocenters. The zero-order chi connectivity index (χ0) is 13.8. The number of benzene rings is 1. The first-order valence-corrected chi connectivity index (χ1v) is 8.60. The molecule has 110 valence electrons. The molecule has 0 bridgehead atoms. The summed E-state index contributed by atoms with van der Waals surface area (Å²) in [5.41, 5.74) is 2.86. The lowest BCUT2D eigenvalue weighted by molar-refractivity contribution is 0.144. The molecule has 1 nitrogen and oxygen atoms in total. The molecule has 20 heavy (non-hydrogen) atoms. The fourth-order valence-corrected chi connectivity index (χ4v) is 4.35. The van der Waals surface area contributed by atoms with Crippen LogP contribution < -0.4 is 5.32 Å². The second-order valence-corrected chi connectivity index (χ2v) is 7.01. The summed E-state index contributed by atoms with van der Waals surface area (Å²) in [5.74, 6) is 2.10. The molecule has 1 aromatic carbocycles. The van der Waals surface area contributed by atoms with Crippen LogP contribution in [0.2, 0.25) is 0 Å². The number of hydrogen-bond donors (Lipinski definition) is 1. The monoisotopic (exact) mass is 271 g/mol. The minimum atomic E-state index is 0.791. The van der Waals surface area contributed by atoms with Crippen molar-refractivity contribution in [2.45, 2.75) is 64.3 Å². The van der Waals surface area contributed by atoms with Gasteiger partial charge in [0.2, 0.25) is 0 Å². The number of rotatable bonds is 4. The van der Waals surface area contributed by atoms with E-state index in [2.05, 4.69) is 36.5 Å². The van der Waals surface area contributed by atoms with Crippen molar-refractivity contribution in [3.05, 3.63) is 35.4 Å². The Morgan fingerprint density at radius 2 is 1.90 bits per heavy atom. The van der Waals surface area contributed by atoms with E-state index in [-0.39, 0.29) is 0 Å². The van der Waals surface area contributed by atoms with Gasteiger partial charge in [0, 0.05) is 6.04 Å². The van der Waals surface area contributed by atoms with Crippen molar-refractivity contribution in [2.75, 3.05) is 6.54 Å². The highest BCUT2D eigenvalue weighted by atomic mass is 14.9. The van der Waals surface area contributed by atoms with E-state index in [4.69, 9.17) is 0 Å². The van der Waals surface area contributed by atoms with Gasteiger partial charge in [0.25, 0.3) is 0 Å². The molecule has 2 aliphatic rings. The summed E-state index contributed by atoms with van der Waals surface area (Å²) in [6, 6.07) is 9.73. The van der Waals surface area contributed by atoms with Crippen molar-refractivity contribution in [3.63, 3.8) is 0 Å². The first-order valence-electron chi connectivity index (χ1n) is 8.60. The SMILES string of the molecule is Cc1cccc(CCNC2CCC3CCCCC3C2)c1. The quantitative estimate of drug-likeness (QED) is 0.851. The summed E-state index contributed by atoms with van der Waals surface area (Å²) in [7, 11) is 0. The van der Waals surface area contributed by atoms with E-state index >= 15 is 0 Å². The number of hydrogen-bond acceptors (Lipinski definition) is 1. The summed E-state index contributed by atoms with van der Waals surface area (Å²) in [5, 5.41) is 3.82. The molecule has 2 saturated carbocycles. The van der Waals surface area contributed by atoms with Crippen LogP contribution in [0, 0.1) is 18.8 Å². The molecular weight excluding hydrogens is 242 g/mol. The van der Waals surface area contributed by atoms with Gasteiger partial charge in [0.05, 0.1) is 0 Å². The summed E-state index contributed by atoms with van der Waals surface area (Å²) in [4.78, 5) is 0. The van der Waals surface area contributed by atoms with Crippen LogP contribution in [0.1, 0.15) is 56.1 Å². The van der Waals surface area contributed by atoms with Crippen LogP contribution in [-0.4, -0.2) is 12.6 Å². The van der Waals surface area contributed by atoms with E-state index < -0.39 is 0 Å². The average Bonchev–Trinajstić information content (AvgIpc) is 2.47. The van der Waals surface area contributed by atoms with Gasteiger partial charge >= 0.3 is 0 Å². The van der Waals surface area contributed by atoms with E-state index in [0.29, 0.717) is 0 Å². The Labute approximate surface area is 124 Å². The Morgan fingerprint density at radius 3 is 2.75 bits per heavy atom. The van der Waals surface area contributed by atoms with E-state index in [0.717, 1.165) is 24.4 Å². The first-order chi connectivity index (χ1) is 9.81. The largest absolute Gasteiger partial charge is 0.314 e. The van der Waals surface area contributed by atoms with Crippen molar-refractivity contribution in [3.8, 4) is 0 Å². The van der Waals surface area contributed by atoms with Crippen molar-refractivity contribution >= 4 is 0 Å². The molecular formula is C19H29N. The van der Waals surface area contributed by atoms with Crippen molar-refractivity contribution in [2.24, 2.45) is 11.8 Å². The molecule has 1 heteroatoms. The smallest absolute Gasteiger partial charge is 0.00700 e. The highest BCUT2D eigenvalue weighted by Crippen LogP contribution is 2.40. The van der Waals surface area contributed by atoms with Crippen LogP contribution >= 0.6 is 0 Å². The third kappa shape index (κ3) is 3.63. The van der Waals surface area contributed by atoms with Crippen LogP contribution in [0.5, 0.6) is 0 Å². The molecule has 0 radical (unpaired) electrons. The fraction of sp³-hybridized carbons (Fsp3) is 0.684. The first kappa shape index (κ1) is 14.1. The zero-order valence-corrected chi connectivity index (χ0v) is 12.9. The number of aryl methyl sites for hydroxylation is 1. The van der Waals surface area contributed by atoms with Gasteiger partial charge in [-0.1, -0.05) is 55.5 Å². The van der Waals surface area contributed by atoms with Gasteiger partial charge in [-0.15, -0.1) is 0 Å². The highest BCUT2D eigenvalue weighted by molar-refractivity contribution is 5.22. The molecule has 0 spiro atoms. The van der Waals surface area contributed by atoms with Crippen LogP contribution in [0.4, 0.5) is 0 Å². The lowest BCUT2D eigenvalue weighted by Crippen LogP contribution is -2.39. The average molecular weight is 271 g/mol. The zero-order valence-electron chi connectivity index (χ0n) is 12.9. The predicted molar refractivity (Wildman–Crippen MR) is 86.0 cm³/mol. The standard InChI is InChI=1S/C19H29N/c1-15-5-4-6-16(13-15)11-12-20-19-10-9-17-7-2-3-8-18(17)14-19/h4-6,13,17-20H,2-3,7-12,14H2,1H3. The van der Waals surface area contributed by atoms with Gasteiger partial charge < -0.3 is 5.32 Å². The van der Waals surface area contributed by atoms with Gasteiger partial charge in [0.15, 0.2) is 0 Å². The van der Waals surface area contributed by atoms with Gasteiger partial charge in [-0.25, -0.2) is 0 Å². The third-order valence-electron chi connectivity index (χ3n) is 5.47. The number of fused-ring (bicyclic) bond motifs is 1. The topological polar surface area (TPSA) is 12.0 Å². The third-order valence-corrected chi connectivity index (χ3v) is 5.47. The van der Waals surface area contributed by atoms with Crippen molar-refractivity contribution in [1.29, 1.82) is 0 Å². The molecule has 0 aromatic heterocycles. The van der Waals surface area contributed by atoms with E-state index in [1.807, 2.05) is 0 Å². The van der Waals surface area contributed by atoms with E-state index in [1.54, 1.807) is 0 Å². The Bertz CT molecular complexity index is 426. The van der Waals surface area contributed by atoms with Gasteiger partial charge in [0.1, 0.15) is 0 Å². The van der Waals surface area contributed by atoms with Crippen molar-refractivity contribution < 1.29 is 0 Å². The summed E-state index contributed by atoms with van der Waals surface area (Å²) in [6.45, 7) is 3.33. The van der Waals surface area contributed by atoms with E-state index in [9.17, 15) is 0 Å². The molecule has 0 saturated heterocycles. The second-order valence-electron chi connectivity index (χ2n) is 7.01. The maximum atomic E-state index is 3.82. The van der Waals surface area contributed by atoms with Gasteiger partial charge in [-0.05, 0) is 56.6 Å². The lowest BCUT2D eigenvalue weighted by atomic mass is 9.69. The normalized spacial score (nSPS) is 29.9. The Kier molecular flexibility index (Phi) is 4.77. The molecule has 3 unspecified atom stereocenters. The summed E-state index contributed by atoms with van der Waals surface area (Å²) in [6.07, 6.45) is 11.5. The Hall–Kier alpha value is -0.820. The Balaban J connectivity index is 1.42. The molecule has 1 aromatic rings. The van der Waals surface area contributed by atoms with Crippen LogP contribution in [0.25, 0.3) is 0 Å². The molecule has 0 amide bonds. The molecule has 0 aliphatic heterocycles. The maximum Gasteiger partial charge on any atom is 0.00700 e. The van der Waals surface area contributed by atoms with Gasteiger partial charge in [-0.3, -0.25) is 0 Å². The highest BCUT2D eigenvalue weighted by Gasteiger charge is 2.31. The molecule has 2 aliphatic carbocycles.